The van der Waals surface area contributed by atoms with Crippen molar-refractivity contribution in [1.82, 2.24) is 0 Å². The molecule has 102 valence electrons. The van der Waals surface area contributed by atoms with E-state index in [4.69, 9.17) is 25.4 Å². The van der Waals surface area contributed by atoms with Crippen LogP contribution >= 0.6 is 0 Å². The summed E-state index contributed by atoms with van der Waals surface area (Å²) in [5.74, 6) is 2.96. The molecule has 0 fully saturated rings. The van der Waals surface area contributed by atoms with Gasteiger partial charge in [0.05, 0.1) is 21.3 Å². The lowest BCUT2D eigenvalue weighted by Crippen LogP contribution is -2.09. The molecule has 1 aromatic rings. The summed E-state index contributed by atoms with van der Waals surface area (Å²) >= 11 is 0. The molecule has 0 bridgehead atoms. The Kier molecular flexibility index (Phi) is 5.55. The molecule has 5 nitrogen and oxygen atoms in total. The van der Waals surface area contributed by atoms with E-state index in [0.29, 0.717) is 17.9 Å². The maximum Gasteiger partial charge on any atom is 0.342 e. The Morgan fingerprint density at radius 3 is 2.37 bits per heavy atom. The topological polar surface area (TPSA) is 54.0 Å². The summed E-state index contributed by atoms with van der Waals surface area (Å²) in [4.78, 5) is 11.9. The first kappa shape index (κ1) is 14.7. The minimum atomic E-state index is -0.520. The third-order valence-corrected chi connectivity index (χ3v) is 2.40. The van der Waals surface area contributed by atoms with Gasteiger partial charge in [-0.2, -0.15) is 0 Å². The van der Waals surface area contributed by atoms with Crippen molar-refractivity contribution in [1.29, 1.82) is 0 Å². The third kappa shape index (κ3) is 3.32. The number of ether oxygens (including phenoxy) is 4. The zero-order valence-electron chi connectivity index (χ0n) is 11.2. The first-order valence-electron chi connectivity index (χ1n) is 5.59. The predicted molar refractivity (Wildman–Crippen MR) is 69.8 cm³/mol. The Hall–Kier alpha value is -2.35. The Morgan fingerprint density at radius 1 is 1.16 bits per heavy atom. The molecule has 0 unspecified atom stereocenters. The van der Waals surface area contributed by atoms with Crippen LogP contribution in [-0.2, 0) is 4.74 Å². The van der Waals surface area contributed by atoms with Crippen LogP contribution in [0.1, 0.15) is 16.8 Å². The second kappa shape index (κ2) is 7.17. The molecule has 0 saturated heterocycles. The molecule has 0 radical (unpaired) electrons. The summed E-state index contributed by atoms with van der Waals surface area (Å²) in [5.41, 5.74) is 0.261. The van der Waals surface area contributed by atoms with Crippen molar-refractivity contribution >= 4 is 5.97 Å². The average molecular weight is 264 g/mol. The van der Waals surface area contributed by atoms with Gasteiger partial charge in [0.2, 0.25) is 5.75 Å². The highest BCUT2D eigenvalue weighted by Gasteiger charge is 2.21. The van der Waals surface area contributed by atoms with Crippen LogP contribution in [0.5, 0.6) is 17.2 Å². The van der Waals surface area contributed by atoms with Gasteiger partial charge in [0.15, 0.2) is 11.5 Å². The van der Waals surface area contributed by atoms with Gasteiger partial charge in [-0.1, -0.05) is 0 Å². The first-order valence-corrected chi connectivity index (χ1v) is 5.59. The lowest BCUT2D eigenvalue weighted by Gasteiger charge is -2.14. The van der Waals surface area contributed by atoms with Gasteiger partial charge in [0.25, 0.3) is 0 Å². The van der Waals surface area contributed by atoms with E-state index in [-0.39, 0.29) is 17.9 Å². The number of hydrogen-bond donors (Lipinski definition) is 0. The summed E-state index contributed by atoms with van der Waals surface area (Å²) in [6.45, 7) is 0.160. The summed E-state index contributed by atoms with van der Waals surface area (Å²) in [7, 11) is 4.41. The van der Waals surface area contributed by atoms with E-state index < -0.39 is 5.97 Å². The monoisotopic (exact) mass is 264 g/mol. The van der Waals surface area contributed by atoms with Crippen molar-refractivity contribution < 1.29 is 23.7 Å². The van der Waals surface area contributed by atoms with Crippen LogP contribution < -0.4 is 14.2 Å². The number of carbonyl (C=O) groups excluding carboxylic acids is 1. The molecular formula is C14H16O5. The van der Waals surface area contributed by atoms with Crippen molar-refractivity contribution in [3.8, 4) is 29.6 Å². The van der Waals surface area contributed by atoms with Crippen LogP contribution in [0.25, 0.3) is 0 Å². The number of rotatable bonds is 6. The molecule has 0 aromatic heterocycles. The molecule has 0 saturated carbocycles. The van der Waals surface area contributed by atoms with Gasteiger partial charge in [0, 0.05) is 6.42 Å². The molecule has 0 aliphatic rings. The summed E-state index contributed by atoms with van der Waals surface area (Å²) in [5, 5.41) is 0. The number of terminal acetylenes is 1. The van der Waals surface area contributed by atoms with Crippen LogP contribution in [0.4, 0.5) is 0 Å². The fourth-order valence-electron chi connectivity index (χ4n) is 1.54. The highest BCUT2D eigenvalue weighted by Crippen LogP contribution is 2.39. The minimum absolute atomic E-state index is 0.160. The van der Waals surface area contributed by atoms with E-state index in [0.717, 1.165) is 0 Å². The van der Waals surface area contributed by atoms with Crippen molar-refractivity contribution in [2.24, 2.45) is 0 Å². The Balaban J connectivity index is 3.07. The third-order valence-electron chi connectivity index (χ3n) is 2.40. The zero-order chi connectivity index (χ0) is 14.3. The molecule has 0 N–H and O–H groups in total. The SMILES string of the molecule is C#CCCOC(=O)c1ccc(OC)c(OC)c1OC. The number of methoxy groups -OCH3 is 3. The van der Waals surface area contributed by atoms with Gasteiger partial charge in [0.1, 0.15) is 12.2 Å². The van der Waals surface area contributed by atoms with E-state index in [1.807, 2.05) is 0 Å². The van der Waals surface area contributed by atoms with Crippen LogP contribution in [0.15, 0.2) is 12.1 Å². The largest absolute Gasteiger partial charge is 0.493 e. The molecular weight excluding hydrogens is 248 g/mol. The van der Waals surface area contributed by atoms with Crippen molar-refractivity contribution in [3.63, 3.8) is 0 Å². The van der Waals surface area contributed by atoms with E-state index in [1.54, 1.807) is 12.1 Å². The molecule has 0 heterocycles. The second-order valence-electron chi connectivity index (χ2n) is 3.47. The minimum Gasteiger partial charge on any atom is -0.493 e. The number of esters is 1. The van der Waals surface area contributed by atoms with Crippen molar-refractivity contribution in [2.45, 2.75) is 6.42 Å². The second-order valence-corrected chi connectivity index (χ2v) is 3.47. The Bertz CT molecular complexity index is 487. The smallest absolute Gasteiger partial charge is 0.342 e. The maximum atomic E-state index is 11.9. The van der Waals surface area contributed by atoms with Gasteiger partial charge < -0.3 is 18.9 Å². The lowest BCUT2D eigenvalue weighted by atomic mass is 10.1. The van der Waals surface area contributed by atoms with E-state index in [2.05, 4.69) is 5.92 Å². The van der Waals surface area contributed by atoms with Gasteiger partial charge in [-0.15, -0.1) is 12.3 Å². The molecule has 0 atom stereocenters. The van der Waals surface area contributed by atoms with E-state index >= 15 is 0 Å². The average Bonchev–Trinajstić information content (AvgIpc) is 2.45. The Morgan fingerprint density at radius 2 is 1.84 bits per heavy atom. The van der Waals surface area contributed by atoms with E-state index in [1.165, 1.54) is 21.3 Å². The van der Waals surface area contributed by atoms with Crippen LogP contribution in [0, 0.1) is 12.3 Å². The molecule has 1 aromatic carbocycles. The zero-order valence-corrected chi connectivity index (χ0v) is 11.2. The molecule has 0 amide bonds. The van der Waals surface area contributed by atoms with Crippen LogP contribution in [-0.4, -0.2) is 33.9 Å². The molecule has 0 aliphatic heterocycles. The quantitative estimate of drug-likeness (QED) is 0.446. The van der Waals surface area contributed by atoms with E-state index in [9.17, 15) is 4.79 Å². The lowest BCUT2D eigenvalue weighted by molar-refractivity contribution is 0.0509. The maximum absolute atomic E-state index is 11.9. The van der Waals surface area contributed by atoms with Gasteiger partial charge >= 0.3 is 5.97 Å². The fourth-order valence-corrected chi connectivity index (χ4v) is 1.54. The van der Waals surface area contributed by atoms with Crippen molar-refractivity contribution in [3.05, 3.63) is 17.7 Å². The summed E-state index contributed by atoms with van der Waals surface area (Å²) in [6.07, 6.45) is 5.45. The molecule has 0 aliphatic carbocycles. The van der Waals surface area contributed by atoms with Gasteiger partial charge in [-0.25, -0.2) is 4.79 Å². The van der Waals surface area contributed by atoms with Crippen LogP contribution in [0.3, 0.4) is 0 Å². The van der Waals surface area contributed by atoms with Crippen LogP contribution in [0.2, 0.25) is 0 Å². The fraction of sp³-hybridized carbons (Fsp3) is 0.357. The Labute approximate surface area is 112 Å². The number of carbonyl (C=O) groups is 1. The molecule has 5 heteroatoms. The first-order chi connectivity index (χ1) is 9.19. The van der Waals surface area contributed by atoms with Crippen molar-refractivity contribution in [2.75, 3.05) is 27.9 Å². The summed E-state index contributed by atoms with van der Waals surface area (Å²) in [6, 6.07) is 3.16. The highest BCUT2D eigenvalue weighted by molar-refractivity contribution is 5.94. The predicted octanol–water partition coefficient (Wildman–Crippen LogP) is 1.89. The molecule has 0 spiro atoms. The van der Waals surface area contributed by atoms with Gasteiger partial charge in [-0.05, 0) is 12.1 Å². The molecule has 19 heavy (non-hydrogen) atoms. The summed E-state index contributed by atoms with van der Waals surface area (Å²) < 4.78 is 20.5. The normalized spacial score (nSPS) is 9.37. The number of benzene rings is 1. The molecule has 1 rings (SSSR count). The standard InChI is InChI=1S/C14H16O5/c1-5-6-9-19-14(15)10-7-8-11(16-2)13(18-4)12(10)17-3/h1,7-8H,6,9H2,2-4H3. The van der Waals surface area contributed by atoms with Gasteiger partial charge in [-0.3, -0.25) is 0 Å². The highest BCUT2D eigenvalue weighted by atomic mass is 16.5. The number of hydrogen-bond acceptors (Lipinski definition) is 5.